The molecule has 2 aromatic rings. The fourth-order valence-electron chi connectivity index (χ4n) is 3.16. The highest BCUT2D eigenvalue weighted by Crippen LogP contribution is 2.31. The van der Waals surface area contributed by atoms with Crippen molar-refractivity contribution in [3.63, 3.8) is 0 Å². The van der Waals surface area contributed by atoms with Crippen LogP contribution in [-0.2, 0) is 9.59 Å². The van der Waals surface area contributed by atoms with Crippen molar-refractivity contribution in [2.24, 2.45) is 0 Å². The average Bonchev–Trinajstić information content (AvgIpc) is 2.76. The van der Waals surface area contributed by atoms with Crippen LogP contribution in [0.25, 0.3) is 0 Å². The molecule has 0 fully saturated rings. The summed E-state index contributed by atoms with van der Waals surface area (Å²) in [5.74, 6) is 0.592. The van der Waals surface area contributed by atoms with Gasteiger partial charge in [0.25, 0.3) is 0 Å². The first-order chi connectivity index (χ1) is 12.5. The molecular weight excluding hydrogens is 328 g/mol. The lowest BCUT2D eigenvalue weighted by Crippen LogP contribution is -2.38. The number of hydrogen-bond acceptors (Lipinski definition) is 3. The number of hydrogen-bond donors (Lipinski definition) is 1. The van der Waals surface area contributed by atoms with Gasteiger partial charge >= 0.3 is 0 Å². The molecule has 0 unspecified atom stereocenters. The molecule has 26 heavy (non-hydrogen) atoms. The third-order valence-electron chi connectivity index (χ3n) is 4.52. The largest absolute Gasteiger partial charge is 0.491 e. The molecule has 0 aliphatic carbocycles. The van der Waals surface area contributed by atoms with Crippen molar-refractivity contribution in [3.05, 3.63) is 53.6 Å². The summed E-state index contributed by atoms with van der Waals surface area (Å²) in [6.07, 6.45) is 0.254. The minimum Gasteiger partial charge on any atom is -0.491 e. The molecule has 2 aromatic carbocycles. The first-order valence-corrected chi connectivity index (χ1v) is 8.89. The highest BCUT2D eigenvalue weighted by Gasteiger charge is 2.25. The van der Waals surface area contributed by atoms with E-state index in [9.17, 15) is 9.59 Å². The first kappa shape index (κ1) is 18.0. The summed E-state index contributed by atoms with van der Waals surface area (Å²) in [7, 11) is 0. The van der Waals surface area contributed by atoms with Crippen molar-refractivity contribution in [1.29, 1.82) is 0 Å². The number of anilines is 2. The highest BCUT2D eigenvalue weighted by atomic mass is 16.5. The van der Waals surface area contributed by atoms with Crippen molar-refractivity contribution in [3.8, 4) is 5.75 Å². The Labute approximate surface area is 154 Å². The van der Waals surface area contributed by atoms with Crippen molar-refractivity contribution >= 4 is 23.2 Å². The standard InChI is InChI=1S/C21H24N2O3/c1-14(2)16-8-6-7-15(3)21(16)22-19(24)13-23-17-9-4-5-10-18(17)26-12-11-20(23)25/h4-10,14H,11-13H2,1-3H3,(H,22,24). The Bertz CT molecular complexity index is 830. The Balaban J connectivity index is 1.84. The topological polar surface area (TPSA) is 58.6 Å². The van der Waals surface area contributed by atoms with Gasteiger partial charge in [0, 0.05) is 5.69 Å². The summed E-state index contributed by atoms with van der Waals surface area (Å²) in [5, 5.41) is 3.01. The van der Waals surface area contributed by atoms with Crippen LogP contribution in [-0.4, -0.2) is 25.0 Å². The van der Waals surface area contributed by atoms with Crippen molar-refractivity contribution < 1.29 is 14.3 Å². The highest BCUT2D eigenvalue weighted by molar-refractivity contribution is 6.04. The van der Waals surface area contributed by atoms with E-state index in [1.54, 1.807) is 6.07 Å². The summed E-state index contributed by atoms with van der Waals surface area (Å²) in [4.78, 5) is 26.7. The molecule has 0 bridgehead atoms. The fraction of sp³-hybridized carbons (Fsp3) is 0.333. The van der Waals surface area contributed by atoms with Gasteiger partial charge in [-0.1, -0.05) is 44.2 Å². The van der Waals surface area contributed by atoms with Crippen LogP contribution in [0.4, 0.5) is 11.4 Å². The van der Waals surface area contributed by atoms with Gasteiger partial charge < -0.3 is 10.1 Å². The second-order valence-electron chi connectivity index (χ2n) is 6.79. The maximum atomic E-state index is 12.7. The van der Waals surface area contributed by atoms with Gasteiger partial charge in [-0.2, -0.15) is 0 Å². The second-order valence-corrected chi connectivity index (χ2v) is 6.79. The van der Waals surface area contributed by atoms with Crippen LogP contribution in [0.5, 0.6) is 5.75 Å². The van der Waals surface area contributed by atoms with Gasteiger partial charge in [-0.15, -0.1) is 0 Å². The number of rotatable bonds is 4. The molecule has 0 radical (unpaired) electrons. The normalized spacial score (nSPS) is 13.8. The number of ether oxygens (including phenoxy) is 1. The summed E-state index contributed by atoms with van der Waals surface area (Å²) < 4.78 is 5.62. The Kier molecular flexibility index (Phi) is 5.26. The zero-order valence-corrected chi connectivity index (χ0v) is 15.4. The fourth-order valence-corrected chi connectivity index (χ4v) is 3.16. The zero-order chi connectivity index (χ0) is 18.7. The van der Waals surface area contributed by atoms with E-state index in [-0.39, 0.29) is 24.8 Å². The van der Waals surface area contributed by atoms with E-state index in [4.69, 9.17) is 4.74 Å². The Morgan fingerprint density at radius 2 is 1.96 bits per heavy atom. The maximum absolute atomic E-state index is 12.7. The van der Waals surface area contributed by atoms with E-state index >= 15 is 0 Å². The van der Waals surface area contributed by atoms with Gasteiger partial charge in [-0.05, 0) is 36.1 Å². The predicted molar refractivity (Wildman–Crippen MR) is 103 cm³/mol. The van der Waals surface area contributed by atoms with Crippen LogP contribution < -0.4 is 15.0 Å². The lowest BCUT2D eigenvalue weighted by atomic mass is 9.98. The molecule has 5 heteroatoms. The van der Waals surface area contributed by atoms with Crippen LogP contribution in [0.1, 0.15) is 37.3 Å². The molecule has 0 atom stereocenters. The minimum absolute atomic E-state index is 0.0366. The lowest BCUT2D eigenvalue weighted by molar-refractivity contribution is -0.121. The minimum atomic E-state index is -0.216. The molecule has 1 aliphatic heterocycles. The number of nitrogens with one attached hydrogen (secondary N) is 1. The van der Waals surface area contributed by atoms with Crippen LogP contribution in [0.15, 0.2) is 42.5 Å². The summed E-state index contributed by atoms with van der Waals surface area (Å²) in [6.45, 7) is 6.45. The number of nitrogens with zero attached hydrogens (tertiary/aromatic N) is 1. The number of fused-ring (bicyclic) bond motifs is 1. The lowest BCUT2D eigenvalue weighted by Gasteiger charge is -2.22. The molecule has 5 nitrogen and oxygen atoms in total. The van der Waals surface area contributed by atoms with E-state index in [0.717, 1.165) is 16.8 Å². The molecule has 0 aromatic heterocycles. The third-order valence-corrected chi connectivity index (χ3v) is 4.52. The number of carbonyl (C=O) groups excluding carboxylic acids is 2. The van der Waals surface area contributed by atoms with E-state index in [1.807, 2.05) is 43.3 Å². The first-order valence-electron chi connectivity index (χ1n) is 8.89. The smallest absolute Gasteiger partial charge is 0.244 e. The second kappa shape index (κ2) is 7.60. The Morgan fingerprint density at radius 1 is 1.19 bits per heavy atom. The van der Waals surface area contributed by atoms with Crippen LogP contribution in [0, 0.1) is 6.92 Å². The molecule has 3 rings (SSSR count). The number of benzene rings is 2. The average molecular weight is 352 g/mol. The molecule has 136 valence electrons. The number of para-hydroxylation sites is 3. The van der Waals surface area contributed by atoms with Crippen LogP contribution in [0.2, 0.25) is 0 Å². The molecule has 0 saturated carbocycles. The van der Waals surface area contributed by atoms with Crippen molar-refractivity contribution in [2.45, 2.75) is 33.1 Å². The number of amides is 2. The van der Waals surface area contributed by atoms with Gasteiger partial charge in [-0.3, -0.25) is 14.5 Å². The van der Waals surface area contributed by atoms with Crippen LogP contribution >= 0.6 is 0 Å². The van der Waals surface area contributed by atoms with Crippen LogP contribution in [0.3, 0.4) is 0 Å². The molecule has 1 heterocycles. The predicted octanol–water partition coefficient (Wildman–Crippen LogP) is 3.87. The summed E-state index contributed by atoms with van der Waals surface area (Å²) in [6, 6.07) is 13.3. The van der Waals surface area contributed by atoms with Crippen molar-refractivity contribution in [2.75, 3.05) is 23.4 Å². The van der Waals surface area contributed by atoms with Gasteiger partial charge in [0.05, 0.1) is 18.7 Å². The SMILES string of the molecule is Cc1cccc(C(C)C)c1NC(=O)CN1C(=O)CCOc2ccccc21. The van der Waals surface area contributed by atoms with E-state index in [0.29, 0.717) is 24.0 Å². The number of carbonyl (C=O) groups is 2. The molecule has 0 saturated heterocycles. The molecule has 1 aliphatic rings. The monoisotopic (exact) mass is 352 g/mol. The van der Waals surface area contributed by atoms with Gasteiger partial charge in [0.15, 0.2) is 0 Å². The molecule has 1 N–H and O–H groups in total. The number of aryl methyl sites for hydroxylation is 1. The molecular formula is C21H24N2O3. The van der Waals surface area contributed by atoms with Gasteiger partial charge in [0.2, 0.25) is 11.8 Å². The molecule has 2 amide bonds. The Hall–Kier alpha value is -2.82. The molecule has 0 spiro atoms. The third kappa shape index (κ3) is 3.72. The summed E-state index contributed by atoms with van der Waals surface area (Å²) >= 11 is 0. The van der Waals surface area contributed by atoms with E-state index in [2.05, 4.69) is 19.2 Å². The maximum Gasteiger partial charge on any atom is 0.244 e. The van der Waals surface area contributed by atoms with Crippen molar-refractivity contribution in [1.82, 2.24) is 0 Å². The van der Waals surface area contributed by atoms with Gasteiger partial charge in [-0.25, -0.2) is 0 Å². The zero-order valence-electron chi connectivity index (χ0n) is 15.4. The van der Waals surface area contributed by atoms with E-state index < -0.39 is 0 Å². The summed E-state index contributed by atoms with van der Waals surface area (Å²) in [5.41, 5.74) is 3.57. The van der Waals surface area contributed by atoms with Gasteiger partial charge in [0.1, 0.15) is 12.3 Å². The Morgan fingerprint density at radius 3 is 2.73 bits per heavy atom. The van der Waals surface area contributed by atoms with E-state index in [1.165, 1.54) is 4.90 Å². The quantitative estimate of drug-likeness (QED) is 0.909.